The smallest absolute Gasteiger partial charge is 0.0630 e. The van der Waals surface area contributed by atoms with E-state index in [2.05, 4.69) is 44.4 Å². The number of piperazine rings is 1. The standard InChI is InChI=1S/C13H28N2O/c1-11(2)14-7-8-15(13(3,4)5)12(9-14)10-16-6/h11-12H,7-10H2,1-6H3. The minimum atomic E-state index is 0.242. The first kappa shape index (κ1) is 13.9. The Balaban J connectivity index is 2.67. The van der Waals surface area contributed by atoms with E-state index in [1.165, 1.54) is 6.54 Å². The molecule has 0 aliphatic carbocycles. The third-order valence-electron chi connectivity index (χ3n) is 3.47. The Labute approximate surface area is 101 Å². The van der Waals surface area contributed by atoms with Gasteiger partial charge in [0.2, 0.25) is 0 Å². The molecule has 96 valence electrons. The van der Waals surface area contributed by atoms with Crippen LogP contribution in [0.4, 0.5) is 0 Å². The van der Waals surface area contributed by atoms with E-state index in [9.17, 15) is 0 Å². The van der Waals surface area contributed by atoms with Crippen molar-refractivity contribution in [2.75, 3.05) is 33.4 Å². The van der Waals surface area contributed by atoms with Crippen LogP contribution in [-0.4, -0.2) is 60.8 Å². The van der Waals surface area contributed by atoms with Crippen LogP contribution in [-0.2, 0) is 4.74 Å². The van der Waals surface area contributed by atoms with Gasteiger partial charge in [-0.2, -0.15) is 0 Å². The monoisotopic (exact) mass is 228 g/mol. The fourth-order valence-corrected chi connectivity index (χ4v) is 2.57. The van der Waals surface area contributed by atoms with E-state index in [-0.39, 0.29) is 5.54 Å². The number of ether oxygens (including phenoxy) is 1. The summed E-state index contributed by atoms with van der Waals surface area (Å²) in [5, 5.41) is 0. The van der Waals surface area contributed by atoms with Crippen molar-refractivity contribution in [2.24, 2.45) is 0 Å². The van der Waals surface area contributed by atoms with E-state index >= 15 is 0 Å². The summed E-state index contributed by atoms with van der Waals surface area (Å²) in [6.07, 6.45) is 0. The van der Waals surface area contributed by atoms with Gasteiger partial charge in [-0.05, 0) is 34.6 Å². The minimum absolute atomic E-state index is 0.242. The van der Waals surface area contributed by atoms with E-state index in [4.69, 9.17) is 4.74 Å². The first-order valence-corrected chi connectivity index (χ1v) is 6.36. The zero-order valence-electron chi connectivity index (χ0n) is 11.8. The third kappa shape index (κ3) is 3.44. The van der Waals surface area contributed by atoms with Gasteiger partial charge in [0.1, 0.15) is 0 Å². The van der Waals surface area contributed by atoms with Crippen molar-refractivity contribution >= 4 is 0 Å². The molecule has 1 saturated heterocycles. The summed E-state index contributed by atoms with van der Waals surface area (Å²) in [4.78, 5) is 5.13. The van der Waals surface area contributed by atoms with Crippen molar-refractivity contribution in [2.45, 2.75) is 52.2 Å². The quantitative estimate of drug-likeness (QED) is 0.733. The number of methoxy groups -OCH3 is 1. The third-order valence-corrected chi connectivity index (χ3v) is 3.47. The topological polar surface area (TPSA) is 15.7 Å². The van der Waals surface area contributed by atoms with Crippen molar-refractivity contribution in [3.05, 3.63) is 0 Å². The van der Waals surface area contributed by atoms with Crippen LogP contribution in [0.15, 0.2) is 0 Å². The Kier molecular flexibility index (Phi) is 4.77. The van der Waals surface area contributed by atoms with Gasteiger partial charge in [0.25, 0.3) is 0 Å². The van der Waals surface area contributed by atoms with Gasteiger partial charge in [0.15, 0.2) is 0 Å². The van der Waals surface area contributed by atoms with Gasteiger partial charge < -0.3 is 4.74 Å². The molecule has 1 atom stereocenters. The lowest BCUT2D eigenvalue weighted by molar-refractivity contribution is -0.0308. The van der Waals surface area contributed by atoms with Gasteiger partial charge in [-0.1, -0.05) is 0 Å². The SMILES string of the molecule is COCC1CN(C(C)C)CCN1C(C)(C)C. The Bertz CT molecular complexity index is 210. The van der Waals surface area contributed by atoms with Crippen LogP contribution >= 0.6 is 0 Å². The predicted octanol–water partition coefficient (Wildman–Crippen LogP) is 1.83. The first-order chi connectivity index (χ1) is 7.36. The number of hydrogen-bond acceptors (Lipinski definition) is 3. The van der Waals surface area contributed by atoms with Gasteiger partial charge in [0.05, 0.1) is 6.61 Å². The lowest BCUT2D eigenvalue weighted by atomic mass is 10.00. The van der Waals surface area contributed by atoms with Gasteiger partial charge in [-0.25, -0.2) is 0 Å². The van der Waals surface area contributed by atoms with Crippen LogP contribution in [0.1, 0.15) is 34.6 Å². The molecule has 0 radical (unpaired) electrons. The second-order valence-electron chi connectivity index (χ2n) is 6.06. The highest BCUT2D eigenvalue weighted by molar-refractivity contribution is 4.90. The normalized spacial score (nSPS) is 25.3. The average Bonchev–Trinajstić information content (AvgIpc) is 2.16. The van der Waals surface area contributed by atoms with E-state index in [1.54, 1.807) is 7.11 Å². The molecule has 1 fully saturated rings. The Morgan fingerprint density at radius 1 is 1.25 bits per heavy atom. The van der Waals surface area contributed by atoms with Crippen LogP contribution in [0.25, 0.3) is 0 Å². The predicted molar refractivity (Wildman–Crippen MR) is 68.8 cm³/mol. The molecule has 3 heteroatoms. The highest BCUT2D eigenvalue weighted by Crippen LogP contribution is 2.22. The number of hydrogen-bond donors (Lipinski definition) is 0. The van der Waals surface area contributed by atoms with Crippen LogP contribution < -0.4 is 0 Å². The van der Waals surface area contributed by atoms with Gasteiger partial charge >= 0.3 is 0 Å². The largest absolute Gasteiger partial charge is 0.383 e. The molecular formula is C13H28N2O. The first-order valence-electron chi connectivity index (χ1n) is 6.36. The molecule has 3 nitrogen and oxygen atoms in total. The lowest BCUT2D eigenvalue weighted by Gasteiger charge is -2.48. The van der Waals surface area contributed by atoms with Crippen molar-refractivity contribution in [1.82, 2.24) is 9.80 Å². The highest BCUT2D eigenvalue weighted by atomic mass is 16.5. The van der Waals surface area contributed by atoms with Crippen molar-refractivity contribution in [3.63, 3.8) is 0 Å². The maximum Gasteiger partial charge on any atom is 0.0630 e. The molecule has 0 spiro atoms. The molecule has 0 aromatic rings. The van der Waals surface area contributed by atoms with Gasteiger partial charge in [-0.15, -0.1) is 0 Å². The Morgan fingerprint density at radius 3 is 2.31 bits per heavy atom. The molecule has 0 N–H and O–H groups in total. The second-order valence-corrected chi connectivity index (χ2v) is 6.06. The molecule has 0 amide bonds. The molecule has 0 aromatic carbocycles. The van der Waals surface area contributed by atoms with Crippen molar-refractivity contribution < 1.29 is 4.74 Å². The molecular weight excluding hydrogens is 200 g/mol. The molecule has 1 aliphatic heterocycles. The lowest BCUT2D eigenvalue weighted by Crippen LogP contribution is -2.61. The van der Waals surface area contributed by atoms with E-state index in [0.29, 0.717) is 12.1 Å². The van der Waals surface area contributed by atoms with Crippen molar-refractivity contribution in [3.8, 4) is 0 Å². The molecule has 1 heterocycles. The maximum absolute atomic E-state index is 5.37. The van der Waals surface area contributed by atoms with E-state index in [1.807, 2.05) is 0 Å². The summed E-state index contributed by atoms with van der Waals surface area (Å²) in [6.45, 7) is 15.7. The zero-order valence-corrected chi connectivity index (χ0v) is 11.8. The fourth-order valence-electron chi connectivity index (χ4n) is 2.57. The van der Waals surface area contributed by atoms with Gasteiger partial charge in [-0.3, -0.25) is 9.80 Å². The van der Waals surface area contributed by atoms with Crippen LogP contribution in [0.2, 0.25) is 0 Å². The second kappa shape index (κ2) is 5.48. The minimum Gasteiger partial charge on any atom is -0.383 e. The highest BCUT2D eigenvalue weighted by Gasteiger charge is 2.34. The maximum atomic E-state index is 5.37. The number of nitrogens with zero attached hydrogens (tertiary/aromatic N) is 2. The summed E-state index contributed by atoms with van der Waals surface area (Å²) >= 11 is 0. The molecule has 0 aromatic heterocycles. The van der Waals surface area contributed by atoms with Crippen LogP contribution in [0.3, 0.4) is 0 Å². The Hall–Kier alpha value is -0.120. The van der Waals surface area contributed by atoms with Gasteiger partial charge in [0, 0.05) is 44.4 Å². The summed E-state index contributed by atoms with van der Waals surface area (Å²) < 4.78 is 5.37. The van der Waals surface area contributed by atoms with Crippen LogP contribution in [0.5, 0.6) is 0 Å². The van der Waals surface area contributed by atoms with Crippen molar-refractivity contribution in [1.29, 1.82) is 0 Å². The number of rotatable bonds is 3. The summed E-state index contributed by atoms with van der Waals surface area (Å²) in [7, 11) is 1.80. The zero-order chi connectivity index (χ0) is 12.3. The molecule has 0 saturated carbocycles. The molecule has 1 unspecified atom stereocenters. The summed E-state index contributed by atoms with van der Waals surface area (Å²) in [5.74, 6) is 0. The fraction of sp³-hybridized carbons (Fsp3) is 1.00. The summed E-state index contributed by atoms with van der Waals surface area (Å²) in [6, 6.07) is 1.17. The summed E-state index contributed by atoms with van der Waals surface area (Å²) in [5.41, 5.74) is 0.242. The van der Waals surface area contributed by atoms with E-state index in [0.717, 1.165) is 19.7 Å². The Morgan fingerprint density at radius 2 is 1.88 bits per heavy atom. The average molecular weight is 228 g/mol. The molecule has 1 aliphatic rings. The molecule has 16 heavy (non-hydrogen) atoms. The molecule has 1 rings (SSSR count). The molecule has 0 bridgehead atoms. The van der Waals surface area contributed by atoms with E-state index < -0.39 is 0 Å². The van der Waals surface area contributed by atoms with Crippen LogP contribution in [0, 0.1) is 0 Å².